The Bertz CT molecular complexity index is 1220. The monoisotopic (exact) mass is 589 g/mol. The fourth-order valence-electron chi connectivity index (χ4n) is 4.36. The van der Waals surface area contributed by atoms with Crippen molar-refractivity contribution >= 4 is 21.8 Å². The van der Waals surface area contributed by atoms with Crippen LogP contribution in [0.25, 0.3) is 0 Å². The average molecular weight is 590 g/mol. The molecule has 0 aliphatic rings. The van der Waals surface area contributed by atoms with Gasteiger partial charge < -0.3 is 21.5 Å². The summed E-state index contributed by atoms with van der Waals surface area (Å²) >= 11 is 0. The van der Waals surface area contributed by atoms with Crippen LogP contribution in [0.4, 0.5) is 0 Å². The van der Waals surface area contributed by atoms with Gasteiger partial charge in [-0.05, 0) is 41.5 Å². The van der Waals surface area contributed by atoms with Gasteiger partial charge in [-0.15, -0.1) is 0 Å². The first-order valence-electron chi connectivity index (χ1n) is 13.8. The van der Waals surface area contributed by atoms with E-state index in [2.05, 4.69) is 15.8 Å². The largest absolute Gasteiger partial charge is 0.390 e. The Balaban J connectivity index is 2.39. The molecule has 0 aromatic heterocycles. The second kappa shape index (κ2) is 16.3. The molecule has 2 aromatic rings. The number of sulfonamides is 1. The maximum absolute atomic E-state index is 13.6. The Morgan fingerprint density at radius 3 is 2.15 bits per heavy atom. The van der Waals surface area contributed by atoms with Crippen molar-refractivity contribution in [3.63, 3.8) is 0 Å². The van der Waals surface area contributed by atoms with Crippen LogP contribution in [-0.4, -0.2) is 67.5 Å². The quantitative estimate of drug-likeness (QED) is 0.205. The molecule has 0 unspecified atom stereocenters. The van der Waals surface area contributed by atoms with E-state index in [1.54, 1.807) is 0 Å². The first-order valence-corrected chi connectivity index (χ1v) is 15.3. The number of nitrogens with zero attached hydrogens (tertiary/aromatic N) is 2. The molecule has 0 saturated carbocycles. The molecule has 0 bridgehead atoms. The lowest BCUT2D eigenvalue weighted by molar-refractivity contribution is -0.130. The van der Waals surface area contributed by atoms with Gasteiger partial charge in [0.25, 0.3) is 0 Å². The van der Waals surface area contributed by atoms with E-state index in [1.165, 1.54) is 28.6 Å². The summed E-state index contributed by atoms with van der Waals surface area (Å²) in [6, 6.07) is 13.4. The van der Waals surface area contributed by atoms with Crippen LogP contribution in [0.3, 0.4) is 0 Å². The van der Waals surface area contributed by atoms with E-state index in [1.807, 2.05) is 58.0 Å². The number of benzene rings is 2. The number of nitroso groups, excluding NO2 is 1. The van der Waals surface area contributed by atoms with E-state index in [0.29, 0.717) is 12.0 Å². The Morgan fingerprint density at radius 1 is 0.976 bits per heavy atom. The molecule has 11 nitrogen and oxygen atoms in total. The first kappa shape index (κ1) is 34.0. The van der Waals surface area contributed by atoms with Crippen molar-refractivity contribution in [1.29, 1.82) is 0 Å². The van der Waals surface area contributed by atoms with Crippen molar-refractivity contribution in [3.05, 3.63) is 70.6 Å². The van der Waals surface area contributed by atoms with Crippen LogP contribution in [0.15, 0.2) is 64.7 Å². The van der Waals surface area contributed by atoms with E-state index >= 15 is 0 Å². The highest BCUT2D eigenvalue weighted by Gasteiger charge is 2.33. The molecule has 0 heterocycles. The lowest BCUT2D eigenvalue weighted by Crippen LogP contribution is -2.57. The summed E-state index contributed by atoms with van der Waals surface area (Å²) < 4.78 is 28.5. The van der Waals surface area contributed by atoms with Gasteiger partial charge in [0.15, 0.2) is 0 Å². The third kappa shape index (κ3) is 10.3. The van der Waals surface area contributed by atoms with E-state index in [9.17, 15) is 28.0 Å². The second-order valence-electron chi connectivity index (χ2n) is 10.7. The molecule has 0 saturated heterocycles. The van der Waals surface area contributed by atoms with Gasteiger partial charge in [-0.2, -0.15) is 9.21 Å². The number of hydrogen-bond acceptors (Lipinski definition) is 8. The fourth-order valence-corrected chi connectivity index (χ4v) is 5.98. The molecule has 5 N–H and O–H groups in total. The first-order chi connectivity index (χ1) is 19.4. The molecule has 226 valence electrons. The Labute approximate surface area is 242 Å². The lowest BCUT2D eigenvalue weighted by Gasteiger charge is -2.32. The number of hydrogen-bond donors (Lipinski definition) is 4. The molecule has 0 fully saturated rings. The number of aliphatic hydroxyl groups is 1. The summed E-state index contributed by atoms with van der Waals surface area (Å²) in [5, 5.41) is 19.8. The summed E-state index contributed by atoms with van der Waals surface area (Å²) in [5.74, 6) is -1.23. The van der Waals surface area contributed by atoms with Crippen molar-refractivity contribution in [1.82, 2.24) is 14.9 Å². The molecule has 2 amide bonds. The van der Waals surface area contributed by atoms with Crippen LogP contribution in [0.2, 0.25) is 0 Å². The van der Waals surface area contributed by atoms with Crippen molar-refractivity contribution in [2.45, 2.75) is 70.2 Å². The highest BCUT2D eigenvalue weighted by molar-refractivity contribution is 7.89. The van der Waals surface area contributed by atoms with E-state index in [-0.39, 0.29) is 49.3 Å². The van der Waals surface area contributed by atoms with Crippen LogP contribution >= 0.6 is 0 Å². The molecule has 2 rings (SSSR count). The van der Waals surface area contributed by atoms with Gasteiger partial charge in [0.05, 0.1) is 23.6 Å². The highest BCUT2D eigenvalue weighted by atomic mass is 32.2. The number of amides is 2. The van der Waals surface area contributed by atoms with E-state index in [0.717, 1.165) is 5.56 Å². The topological polar surface area (TPSA) is 171 Å². The SMILES string of the molecule is CC[C@H](C)[C@H](NC(=O)CN)C(=O)N[C@@H](Cc1ccccc1)[C@H](O)CN(CC(C)C)S(=O)(=O)c1ccc(CN=O)cc1. The molecule has 0 aliphatic carbocycles. The molecule has 4 atom stereocenters. The van der Waals surface area contributed by atoms with Gasteiger partial charge in [0.1, 0.15) is 12.6 Å². The van der Waals surface area contributed by atoms with E-state index in [4.69, 9.17) is 5.73 Å². The minimum absolute atomic E-state index is 0.0185. The number of rotatable bonds is 17. The van der Waals surface area contributed by atoms with Crippen LogP contribution in [-0.2, 0) is 32.6 Å². The minimum atomic E-state index is -4.03. The summed E-state index contributed by atoms with van der Waals surface area (Å²) in [7, 11) is -4.03. The molecular formula is C29H43N5O6S. The van der Waals surface area contributed by atoms with Crippen LogP contribution in [0.5, 0.6) is 0 Å². The van der Waals surface area contributed by atoms with Gasteiger partial charge in [-0.3, -0.25) is 9.59 Å². The smallest absolute Gasteiger partial charge is 0.243 e. The zero-order valence-corrected chi connectivity index (χ0v) is 25.0. The van der Waals surface area contributed by atoms with Gasteiger partial charge >= 0.3 is 0 Å². The molecular weight excluding hydrogens is 546 g/mol. The third-order valence-electron chi connectivity index (χ3n) is 6.86. The van der Waals surface area contributed by atoms with Crippen molar-refractivity contribution in [2.24, 2.45) is 22.7 Å². The predicted molar refractivity (Wildman–Crippen MR) is 158 cm³/mol. The number of aliphatic hydroxyl groups excluding tert-OH is 1. The Morgan fingerprint density at radius 2 is 1.61 bits per heavy atom. The van der Waals surface area contributed by atoms with Gasteiger partial charge in [0, 0.05) is 13.1 Å². The molecule has 12 heteroatoms. The maximum Gasteiger partial charge on any atom is 0.243 e. The zero-order chi connectivity index (χ0) is 30.6. The molecule has 0 aliphatic heterocycles. The average Bonchev–Trinajstić information content (AvgIpc) is 2.95. The zero-order valence-electron chi connectivity index (χ0n) is 24.2. The van der Waals surface area contributed by atoms with E-state index < -0.39 is 40.0 Å². The molecule has 41 heavy (non-hydrogen) atoms. The van der Waals surface area contributed by atoms with Crippen molar-refractivity contribution in [2.75, 3.05) is 19.6 Å². The van der Waals surface area contributed by atoms with Crippen LogP contribution in [0.1, 0.15) is 45.2 Å². The minimum Gasteiger partial charge on any atom is -0.390 e. The standard InChI is InChI=1S/C29H43N5O6S/c1-5-21(4)28(33-27(36)16-30)29(37)32-25(15-22-9-7-6-8-10-22)26(35)19-34(18-20(2)3)41(39,40)24-13-11-23(12-14-24)17-31-38/h6-14,20-21,25-26,28,35H,5,15-19,30H2,1-4H3,(H,32,37)(H,33,36)/t21-,25-,26+,28-/m0/s1. The summed E-state index contributed by atoms with van der Waals surface area (Å²) in [4.78, 5) is 36.1. The number of carbonyl (C=O) groups is 2. The maximum atomic E-state index is 13.6. The second-order valence-corrected chi connectivity index (χ2v) is 12.6. The normalized spacial score (nSPS) is 14.7. The van der Waals surface area contributed by atoms with Crippen molar-refractivity contribution < 1.29 is 23.1 Å². The van der Waals surface area contributed by atoms with Gasteiger partial charge in [0.2, 0.25) is 21.8 Å². The highest BCUT2D eigenvalue weighted by Crippen LogP contribution is 2.20. The van der Waals surface area contributed by atoms with Gasteiger partial charge in [-0.1, -0.05) is 81.8 Å². The molecule has 2 aromatic carbocycles. The fraction of sp³-hybridized carbons (Fsp3) is 0.517. The van der Waals surface area contributed by atoms with Gasteiger partial charge in [-0.25, -0.2) is 8.42 Å². The van der Waals surface area contributed by atoms with Crippen molar-refractivity contribution in [3.8, 4) is 0 Å². The summed E-state index contributed by atoms with van der Waals surface area (Å²) in [5.41, 5.74) is 6.87. The Hall–Kier alpha value is -3.19. The number of nitrogens with one attached hydrogen (secondary N) is 2. The predicted octanol–water partition coefficient (Wildman–Crippen LogP) is 2.18. The van der Waals surface area contributed by atoms with Crippen LogP contribution < -0.4 is 16.4 Å². The summed E-state index contributed by atoms with van der Waals surface area (Å²) in [6.45, 7) is 6.97. The summed E-state index contributed by atoms with van der Waals surface area (Å²) in [6.07, 6.45) is -0.444. The molecule has 0 radical (unpaired) electrons. The lowest BCUT2D eigenvalue weighted by atomic mass is 9.96. The Kier molecular flexibility index (Phi) is 13.5. The van der Waals surface area contributed by atoms with Crippen LogP contribution in [0, 0.1) is 16.7 Å². The molecule has 0 spiro atoms. The number of carbonyl (C=O) groups excluding carboxylic acids is 2. The third-order valence-corrected chi connectivity index (χ3v) is 8.70. The number of nitrogens with two attached hydrogens (primary N) is 1.